The van der Waals surface area contributed by atoms with Gasteiger partial charge in [-0.1, -0.05) is 11.2 Å². The Kier molecular flexibility index (Phi) is 4.50. The Balaban J connectivity index is 1.54. The van der Waals surface area contributed by atoms with Gasteiger partial charge in [0, 0.05) is 12.6 Å². The van der Waals surface area contributed by atoms with Crippen LogP contribution in [0, 0.1) is 5.92 Å². The molecule has 2 aromatic heterocycles. The minimum absolute atomic E-state index is 0.829. The summed E-state index contributed by atoms with van der Waals surface area (Å²) in [7, 11) is 2.04. The molecular formula is C15H21N3OS. The molecule has 0 unspecified atom stereocenters. The van der Waals surface area contributed by atoms with Crippen molar-refractivity contribution < 1.29 is 4.52 Å². The van der Waals surface area contributed by atoms with Crippen molar-refractivity contribution in [1.82, 2.24) is 15.4 Å². The van der Waals surface area contributed by atoms with E-state index in [1.165, 1.54) is 12.8 Å². The monoisotopic (exact) mass is 291 g/mol. The Labute approximate surface area is 123 Å². The molecule has 0 spiro atoms. The van der Waals surface area contributed by atoms with Crippen LogP contribution in [0.15, 0.2) is 28.1 Å². The lowest BCUT2D eigenvalue weighted by molar-refractivity contribution is 0.173. The summed E-state index contributed by atoms with van der Waals surface area (Å²) in [4.78, 5) is 3.62. The van der Waals surface area contributed by atoms with E-state index in [0.717, 1.165) is 48.4 Å². The smallest absolute Gasteiger partial charge is 0.177 e. The van der Waals surface area contributed by atoms with Crippen molar-refractivity contribution in [3.63, 3.8) is 0 Å². The van der Waals surface area contributed by atoms with Crippen molar-refractivity contribution in [2.45, 2.75) is 19.4 Å². The van der Waals surface area contributed by atoms with E-state index in [1.807, 2.05) is 13.1 Å². The summed E-state index contributed by atoms with van der Waals surface area (Å²) in [5.41, 5.74) is 1.04. The van der Waals surface area contributed by atoms with Crippen LogP contribution in [0.4, 0.5) is 0 Å². The third-order valence-corrected chi connectivity index (χ3v) is 4.79. The number of nitrogens with zero attached hydrogens (tertiary/aromatic N) is 2. The Morgan fingerprint density at radius 3 is 3.00 bits per heavy atom. The van der Waals surface area contributed by atoms with E-state index in [9.17, 15) is 0 Å². The van der Waals surface area contributed by atoms with Crippen molar-refractivity contribution in [1.29, 1.82) is 0 Å². The lowest BCUT2D eigenvalue weighted by Gasteiger charge is -2.31. The molecule has 20 heavy (non-hydrogen) atoms. The van der Waals surface area contributed by atoms with Crippen LogP contribution in [-0.2, 0) is 6.54 Å². The van der Waals surface area contributed by atoms with Crippen LogP contribution < -0.4 is 5.32 Å². The van der Waals surface area contributed by atoms with Gasteiger partial charge in [-0.3, -0.25) is 4.90 Å². The van der Waals surface area contributed by atoms with Gasteiger partial charge in [-0.05, 0) is 56.9 Å². The van der Waals surface area contributed by atoms with Gasteiger partial charge in [0.25, 0.3) is 0 Å². The van der Waals surface area contributed by atoms with Crippen molar-refractivity contribution in [3.05, 3.63) is 29.3 Å². The summed E-state index contributed by atoms with van der Waals surface area (Å²) in [6.45, 7) is 4.36. The third-order valence-electron chi connectivity index (χ3n) is 3.91. The maximum atomic E-state index is 5.43. The minimum atomic E-state index is 0.829. The Morgan fingerprint density at radius 1 is 1.45 bits per heavy atom. The number of likely N-dealkylation sites (tertiary alicyclic amines) is 1. The van der Waals surface area contributed by atoms with Crippen LogP contribution in [0.2, 0.25) is 0 Å². The van der Waals surface area contributed by atoms with Crippen LogP contribution in [0.5, 0.6) is 0 Å². The van der Waals surface area contributed by atoms with Crippen LogP contribution in [-0.4, -0.2) is 36.7 Å². The van der Waals surface area contributed by atoms with E-state index in [0.29, 0.717) is 0 Å². The maximum Gasteiger partial charge on any atom is 0.177 e. The first-order valence-electron chi connectivity index (χ1n) is 7.21. The highest BCUT2D eigenvalue weighted by Crippen LogP contribution is 2.26. The standard InChI is InChI=1S/C15H21N3OS/c1-16-10-12-4-6-18(7-5-12)11-13-9-14(19-17-13)15-3-2-8-20-15/h2-3,8-9,12,16H,4-7,10-11H2,1H3. The predicted molar refractivity (Wildman–Crippen MR) is 81.7 cm³/mol. The fraction of sp³-hybridized carbons (Fsp3) is 0.533. The molecule has 4 nitrogen and oxygen atoms in total. The van der Waals surface area contributed by atoms with Gasteiger partial charge in [0.1, 0.15) is 0 Å². The summed E-state index contributed by atoms with van der Waals surface area (Å²) in [5.74, 6) is 1.72. The van der Waals surface area contributed by atoms with Gasteiger partial charge < -0.3 is 9.84 Å². The first-order chi connectivity index (χ1) is 9.85. The number of rotatable bonds is 5. The molecule has 1 N–H and O–H groups in total. The summed E-state index contributed by atoms with van der Waals surface area (Å²) in [6, 6.07) is 6.18. The molecular weight excluding hydrogens is 270 g/mol. The van der Waals surface area contributed by atoms with Gasteiger partial charge in [0.05, 0.1) is 10.6 Å². The predicted octanol–water partition coefficient (Wildman–Crippen LogP) is 2.83. The summed E-state index contributed by atoms with van der Waals surface area (Å²) in [5, 5.41) is 9.54. The number of aromatic nitrogens is 1. The highest BCUT2D eigenvalue weighted by molar-refractivity contribution is 7.13. The second kappa shape index (κ2) is 6.52. The number of thiophene rings is 1. The highest BCUT2D eigenvalue weighted by atomic mass is 32.1. The Morgan fingerprint density at radius 2 is 2.30 bits per heavy atom. The molecule has 1 aliphatic heterocycles. The zero-order valence-electron chi connectivity index (χ0n) is 11.8. The summed E-state index contributed by atoms with van der Waals surface area (Å²) in [6.07, 6.45) is 2.55. The van der Waals surface area contributed by atoms with Crippen molar-refractivity contribution in [2.75, 3.05) is 26.7 Å². The van der Waals surface area contributed by atoms with Gasteiger partial charge in [-0.15, -0.1) is 11.3 Å². The SMILES string of the molecule is CNCC1CCN(Cc2cc(-c3cccs3)on2)CC1. The molecule has 0 amide bonds. The molecule has 1 fully saturated rings. The molecule has 2 aromatic rings. The van der Waals surface area contributed by atoms with E-state index in [2.05, 4.69) is 32.9 Å². The molecule has 0 atom stereocenters. The molecule has 0 aliphatic carbocycles. The van der Waals surface area contributed by atoms with E-state index in [-0.39, 0.29) is 0 Å². The zero-order chi connectivity index (χ0) is 13.8. The Hall–Kier alpha value is -1.17. The average molecular weight is 291 g/mol. The maximum absolute atomic E-state index is 5.43. The quantitative estimate of drug-likeness (QED) is 0.920. The number of hydrogen-bond acceptors (Lipinski definition) is 5. The van der Waals surface area contributed by atoms with E-state index in [4.69, 9.17) is 4.52 Å². The first kappa shape index (κ1) is 13.8. The molecule has 0 bridgehead atoms. The van der Waals surface area contributed by atoms with E-state index < -0.39 is 0 Å². The van der Waals surface area contributed by atoms with Crippen molar-refractivity contribution in [2.24, 2.45) is 5.92 Å². The average Bonchev–Trinajstić information content (AvgIpc) is 3.12. The number of hydrogen-bond donors (Lipinski definition) is 1. The minimum Gasteiger partial charge on any atom is -0.355 e. The van der Waals surface area contributed by atoms with Gasteiger partial charge in [-0.25, -0.2) is 0 Å². The van der Waals surface area contributed by atoms with Crippen LogP contribution in [0.25, 0.3) is 10.6 Å². The third kappa shape index (κ3) is 3.29. The topological polar surface area (TPSA) is 41.3 Å². The lowest BCUT2D eigenvalue weighted by atomic mass is 9.97. The van der Waals surface area contributed by atoms with Crippen molar-refractivity contribution in [3.8, 4) is 10.6 Å². The molecule has 0 saturated carbocycles. The molecule has 0 aromatic carbocycles. The molecule has 1 saturated heterocycles. The van der Waals surface area contributed by atoms with E-state index in [1.54, 1.807) is 11.3 Å². The normalized spacial score (nSPS) is 17.6. The fourth-order valence-electron chi connectivity index (χ4n) is 2.79. The highest BCUT2D eigenvalue weighted by Gasteiger charge is 2.19. The summed E-state index contributed by atoms with van der Waals surface area (Å²) >= 11 is 1.69. The van der Waals surface area contributed by atoms with Crippen LogP contribution >= 0.6 is 11.3 Å². The van der Waals surface area contributed by atoms with Gasteiger partial charge in [-0.2, -0.15) is 0 Å². The molecule has 3 heterocycles. The van der Waals surface area contributed by atoms with Gasteiger partial charge in [0.2, 0.25) is 0 Å². The Bertz CT molecular complexity index is 515. The van der Waals surface area contributed by atoms with Crippen LogP contribution in [0.1, 0.15) is 18.5 Å². The lowest BCUT2D eigenvalue weighted by Crippen LogP contribution is -2.36. The molecule has 108 valence electrons. The van der Waals surface area contributed by atoms with Crippen molar-refractivity contribution >= 4 is 11.3 Å². The number of piperidine rings is 1. The molecule has 5 heteroatoms. The summed E-state index contributed by atoms with van der Waals surface area (Å²) < 4.78 is 5.43. The second-order valence-corrected chi connectivity index (χ2v) is 6.38. The van der Waals surface area contributed by atoms with Gasteiger partial charge in [0.15, 0.2) is 5.76 Å². The molecule has 1 aliphatic rings. The fourth-order valence-corrected chi connectivity index (χ4v) is 3.46. The number of nitrogens with one attached hydrogen (secondary N) is 1. The second-order valence-electron chi connectivity index (χ2n) is 5.44. The first-order valence-corrected chi connectivity index (χ1v) is 8.09. The molecule has 0 radical (unpaired) electrons. The van der Waals surface area contributed by atoms with Gasteiger partial charge >= 0.3 is 0 Å². The van der Waals surface area contributed by atoms with Crippen LogP contribution in [0.3, 0.4) is 0 Å². The van der Waals surface area contributed by atoms with E-state index >= 15 is 0 Å². The zero-order valence-corrected chi connectivity index (χ0v) is 12.7. The molecule has 3 rings (SSSR count). The largest absolute Gasteiger partial charge is 0.355 e.